The summed E-state index contributed by atoms with van der Waals surface area (Å²) in [7, 11) is 1.73. The van der Waals surface area contributed by atoms with Gasteiger partial charge in [0.2, 0.25) is 0 Å². The Labute approximate surface area is 85.3 Å². The SMILES string of the molecule is COc1ccccc1C1NCC1(C)C. The van der Waals surface area contributed by atoms with Crippen molar-refractivity contribution in [2.75, 3.05) is 13.7 Å². The second kappa shape index (κ2) is 3.28. The molecule has 1 fully saturated rings. The third-order valence-electron chi connectivity index (χ3n) is 2.99. The molecule has 1 aliphatic rings. The van der Waals surface area contributed by atoms with Crippen LogP contribution in [0.15, 0.2) is 24.3 Å². The van der Waals surface area contributed by atoms with Crippen molar-refractivity contribution in [1.82, 2.24) is 5.32 Å². The monoisotopic (exact) mass is 191 g/mol. The van der Waals surface area contributed by atoms with Crippen LogP contribution in [-0.4, -0.2) is 13.7 Å². The summed E-state index contributed by atoms with van der Waals surface area (Å²) in [5.74, 6) is 0.984. The van der Waals surface area contributed by atoms with E-state index in [1.807, 2.05) is 12.1 Å². The highest BCUT2D eigenvalue weighted by Gasteiger charge is 2.40. The van der Waals surface area contributed by atoms with Gasteiger partial charge in [0.25, 0.3) is 0 Å². The van der Waals surface area contributed by atoms with E-state index >= 15 is 0 Å². The van der Waals surface area contributed by atoms with Gasteiger partial charge in [0.15, 0.2) is 0 Å². The van der Waals surface area contributed by atoms with Gasteiger partial charge < -0.3 is 10.1 Å². The molecule has 0 aromatic heterocycles. The molecular weight excluding hydrogens is 174 g/mol. The Morgan fingerprint density at radius 3 is 2.57 bits per heavy atom. The highest BCUT2D eigenvalue weighted by Crippen LogP contribution is 2.43. The molecule has 0 radical (unpaired) electrons. The molecule has 1 unspecified atom stereocenters. The normalized spacial score (nSPS) is 24.1. The van der Waals surface area contributed by atoms with Crippen molar-refractivity contribution in [3.8, 4) is 5.75 Å². The maximum absolute atomic E-state index is 5.36. The zero-order valence-corrected chi connectivity index (χ0v) is 9.00. The summed E-state index contributed by atoms with van der Waals surface area (Å²) >= 11 is 0. The fraction of sp³-hybridized carbons (Fsp3) is 0.500. The van der Waals surface area contributed by atoms with Gasteiger partial charge in [0.1, 0.15) is 5.75 Å². The Hall–Kier alpha value is -1.02. The Bertz CT molecular complexity index is 333. The largest absolute Gasteiger partial charge is 0.496 e. The van der Waals surface area contributed by atoms with Gasteiger partial charge in [-0.3, -0.25) is 0 Å². The summed E-state index contributed by atoms with van der Waals surface area (Å²) in [5.41, 5.74) is 1.61. The number of benzene rings is 1. The predicted molar refractivity (Wildman–Crippen MR) is 57.5 cm³/mol. The highest BCUT2D eigenvalue weighted by atomic mass is 16.5. The van der Waals surface area contributed by atoms with E-state index in [0.29, 0.717) is 11.5 Å². The topological polar surface area (TPSA) is 21.3 Å². The molecular formula is C12H17NO. The second-order valence-electron chi connectivity index (χ2n) is 4.54. The molecule has 1 aromatic carbocycles. The molecule has 1 aromatic rings. The van der Waals surface area contributed by atoms with Gasteiger partial charge >= 0.3 is 0 Å². The molecule has 76 valence electrons. The summed E-state index contributed by atoms with van der Waals surface area (Å²) in [6, 6.07) is 8.66. The van der Waals surface area contributed by atoms with E-state index in [9.17, 15) is 0 Å². The van der Waals surface area contributed by atoms with Crippen LogP contribution < -0.4 is 10.1 Å². The summed E-state index contributed by atoms with van der Waals surface area (Å²) in [5, 5.41) is 3.45. The van der Waals surface area contributed by atoms with Gasteiger partial charge in [0.05, 0.1) is 7.11 Å². The van der Waals surface area contributed by atoms with E-state index in [4.69, 9.17) is 4.74 Å². The minimum Gasteiger partial charge on any atom is -0.496 e. The summed E-state index contributed by atoms with van der Waals surface area (Å²) < 4.78 is 5.36. The first kappa shape index (κ1) is 9.53. The smallest absolute Gasteiger partial charge is 0.123 e. The molecule has 0 saturated carbocycles. The number of hydrogen-bond donors (Lipinski definition) is 1. The van der Waals surface area contributed by atoms with Crippen LogP contribution in [0.5, 0.6) is 5.75 Å². The van der Waals surface area contributed by atoms with Crippen LogP contribution in [0.3, 0.4) is 0 Å². The first-order chi connectivity index (χ1) is 6.65. The molecule has 2 nitrogen and oxygen atoms in total. The van der Waals surface area contributed by atoms with Gasteiger partial charge in [-0.25, -0.2) is 0 Å². The number of nitrogens with one attached hydrogen (secondary N) is 1. The standard InChI is InChI=1S/C12H17NO/c1-12(2)8-13-11(12)9-6-4-5-7-10(9)14-3/h4-7,11,13H,8H2,1-3H3. The molecule has 0 aliphatic carbocycles. The van der Waals surface area contributed by atoms with Crippen LogP contribution in [0, 0.1) is 5.41 Å². The zero-order valence-electron chi connectivity index (χ0n) is 9.00. The number of ether oxygens (including phenoxy) is 1. The lowest BCUT2D eigenvalue weighted by molar-refractivity contribution is 0.125. The van der Waals surface area contributed by atoms with E-state index in [-0.39, 0.29) is 0 Å². The number of hydrogen-bond acceptors (Lipinski definition) is 2. The highest BCUT2D eigenvalue weighted by molar-refractivity contribution is 5.38. The van der Waals surface area contributed by atoms with Crippen molar-refractivity contribution in [3.63, 3.8) is 0 Å². The third-order valence-corrected chi connectivity index (χ3v) is 2.99. The molecule has 1 atom stereocenters. The van der Waals surface area contributed by atoms with Crippen molar-refractivity contribution < 1.29 is 4.74 Å². The minimum absolute atomic E-state index is 0.342. The molecule has 0 bridgehead atoms. The van der Waals surface area contributed by atoms with Crippen LogP contribution in [0.25, 0.3) is 0 Å². The van der Waals surface area contributed by atoms with Gasteiger partial charge in [-0.05, 0) is 11.5 Å². The fourth-order valence-electron chi connectivity index (χ4n) is 2.05. The van der Waals surface area contributed by atoms with E-state index in [2.05, 4.69) is 31.3 Å². The van der Waals surface area contributed by atoms with Gasteiger partial charge in [-0.1, -0.05) is 32.0 Å². The predicted octanol–water partition coefficient (Wildman–Crippen LogP) is 2.37. The van der Waals surface area contributed by atoms with Crippen LogP contribution in [0.2, 0.25) is 0 Å². The molecule has 14 heavy (non-hydrogen) atoms. The molecule has 1 N–H and O–H groups in total. The van der Waals surface area contributed by atoms with Crippen molar-refractivity contribution in [2.24, 2.45) is 5.41 Å². The van der Waals surface area contributed by atoms with Crippen molar-refractivity contribution in [1.29, 1.82) is 0 Å². The summed E-state index contributed by atoms with van der Waals surface area (Å²) in [4.78, 5) is 0. The van der Waals surface area contributed by atoms with E-state index in [1.54, 1.807) is 7.11 Å². The molecule has 1 heterocycles. The number of methoxy groups -OCH3 is 1. The lowest BCUT2D eigenvalue weighted by Gasteiger charge is -2.46. The van der Waals surface area contributed by atoms with Crippen LogP contribution in [-0.2, 0) is 0 Å². The fourth-order valence-corrected chi connectivity index (χ4v) is 2.05. The summed E-state index contributed by atoms with van der Waals surface area (Å²) in [6.45, 7) is 5.64. The van der Waals surface area contributed by atoms with Crippen LogP contribution in [0.1, 0.15) is 25.5 Å². The van der Waals surface area contributed by atoms with Gasteiger partial charge in [-0.2, -0.15) is 0 Å². The molecule has 1 aliphatic heterocycles. The maximum Gasteiger partial charge on any atom is 0.123 e. The van der Waals surface area contributed by atoms with Crippen molar-refractivity contribution in [2.45, 2.75) is 19.9 Å². The average Bonchev–Trinajstić information content (AvgIpc) is 2.17. The number of para-hydroxylation sites is 1. The average molecular weight is 191 g/mol. The molecule has 0 spiro atoms. The molecule has 2 rings (SSSR count). The van der Waals surface area contributed by atoms with E-state index in [1.165, 1.54) is 5.56 Å². The van der Waals surface area contributed by atoms with Gasteiger partial charge in [0, 0.05) is 18.2 Å². The van der Waals surface area contributed by atoms with E-state index in [0.717, 1.165) is 12.3 Å². The second-order valence-corrected chi connectivity index (χ2v) is 4.54. The lowest BCUT2D eigenvalue weighted by Crippen LogP contribution is -2.52. The van der Waals surface area contributed by atoms with E-state index < -0.39 is 0 Å². The quantitative estimate of drug-likeness (QED) is 0.775. The lowest BCUT2D eigenvalue weighted by atomic mass is 9.74. The first-order valence-electron chi connectivity index (χ1n) is 5.01. The Morgan fingerprint density at radius 1 is 1.36 bits per heavy atom. The Kier molecular flexibility index (Phi) is 2.23. The van der Waals surface area contributed by atoms with Crippen LogP contribution >= 0.6 is 0 Å². The molecule has 1 saturated heterocycles. The van der Waals surface area contributed by atoms with Crippen molar-refractivity contribution in [3.05, 3.63) is 29.8 Å². The minimum atomic E-state index is 0.342. The van der Waals surface area contributed by atoms with Gasteiger partial charge in [-0.15, -0.1) is 0 Å². The molecule has 2 heteroatoms. The van der Waals surface area contributed by atoms with Crippen molar-refractivity contribution >= 4 is 0 Å². The maximum atomic E-state index is 5.36. The number of rotatable bonds is 2. The zero-order chi connectivity index (χ0) is 10.2. The van der Waals surface area contributed by atoms with Crippen LogP contribution in [0.4, 0.5) is 0 Å². The Morgan fingerprint density at radius 2 is 2.07 bits per heavy atom. The Balaban J connectivity index is 2.32. The third kappa shape index (κ3) is 1.40. The molecule has 0 amide bonds. The first-order valence-corrected chi connectivity index (χ1v) is 5.01. The summed E-state index contributed by atoms with van der Waals surface area (Å²) in [6.07, 6.45) is 0.